The predicted octanol–water partition coefficient (Wildman–Crippen LogP) is 1.38. The lowest BCUT2D eigenvalue weighted by Gasteiger charge is -2.21. The molecule has 0 heterocycles. The van der Waals surface area contributed by atoms with Crippen LogP contribution in [-0.4, -0.2) is 18.8 Å². The zero-order valence-corrected chi connectivity index (χ0v) is 10.1. The molecule has 2 rings (SSSR count). The van der Waals surface area contributed by atoms with Gasteiger partial charge in [0.05, 0.1) is 13.5 Å². The molecule has 1 aliphatic rings. The Morgan fingerprint density at radius 1 is 1.50 bits per heavy atom. The minimum atomic E-state index is -0.583. The molecule has 0 atom stereocenters. The molecule has 0 radical (unpaired) electrons. The highest BCUT2D eigenvalue weighted by atomic mass is 19.1. The number of amides is 1. The van der Waals surface area contributed by atoms with Gasteiger partial charge in [-0.3, -0.25) is 9.59 Å². The molecule has 0 bridgehead atoms. The number of hydrogen-bond donors (Lipinski definition) is 1. The van der Waals surface area contributed by atoms with Crippen molar-refractivity contribution in [3.63, 3.8) is 0 Å². The molecule has 0 saturated carbocycles. The van der Waals surface area contributed by atoms with Crippen LogP contribution in [0.1, 0.15) is 34.3 Å². The normalized spacial score (nSPS) is 14.2. The fourth-order valence-corrected chi connectivity index (χ4v) is 2.43. The standard InChI is InChI=1S/C13H14FNO3/c1-18-13-8-3-2-4-10(16)12(8)7(5-9(13)14)6-11(15)17/h5H,2-4,6H2,1H3,(H2,15,17). The van der Waals surface area contributed by atoms with Crippen molar-refractivity contribution in [3.05, 3.63) is 28.6 Å². The molecular formula is C13H14FNO3. The Kier molecular flexibility index (Phi) is 3.32. The number of nitrogens with two attached hydrogens (primary N) is 1. The first-order valence-electron chi connectivity index (χ1n) is 5.74. The van der Waals surface area contributed by atoms with Crippen molar-refractivity contribution in [2.24, 2.45) is 5.73 Å². The van der Waals surface area contributed by atoms with Crippen LogP contribution in [0.4, 0.5) is 4.39 Å². The lowest BCUT2D eigenvalue weighted by atomic mass is 9.85. The van der Waals surface area contributed by atoms with Crippen LogP contribution in [0.25, 0.3) is 0 Å². The molecule has 0 aromatic heterocycles. The fraction of sp³-hybridized carbons (Fsp3) is 0.385. The number of carbonyl (C=O) groups is 2. The van der Waals surface area contributed by atoms with E-state index in [4.69, 9.17) is 10.5 Å². The summed E-state index contributed by atoms with van der Waals surface area (Å²) in [6.07, 6.45) is 1.53. The van der Waals surface area contributed by atoms with Crippen LogP contribution in [0.2, 0.25) is 0 Å². The quantitative estimate of drug-likeness (QED) is 0.882. The molecule has 1 amide bonds. The SMILES string of the molecule is COc1c(F)cc(CC(N)=O)c2c1CCCC2=O. The van der Waals surface area contributed by atoms with Gasteiger partial charge in [-0.15, -0.1) is 0 Å². The van der Waals surface area contributed by atoms with E-state index in [0.29, 0.717) is 36.0 Å². The zero-order valence-electron chi connectivity index (χ0n) is 10.1. The van der Waals surface area contributed by atoms with Gasteiger partial charge in [0.25, 0.3) is 0 Å². The van der Waals surface area contributed by atoms with E-state index in [2.05, 4.69) is 0 Å². The molecule has 0 aliphatic heterocycles. The number of ketones is 1. The van der Waals surface area contributed by atoms with Crippen LogP contribution < -0.4 is 10.5 Å². The van der Waals surface area contributed by atoms with Crippen LogP contribution in [0.3, 0.4) is 0 Å². The van der Waals surface area contributed by atoms with Gasteiger partial charge in [-0.2, -0.15) is 0 Å². The highest BCUT2D eigenvalue weighted by molar-refractivity contribution is 6.01. The van der Waals surface area contributed by atoms with Crippen molar-refractivity contribution in [2.45, 2.75) is 25.7 Å². The maximum atomic E-state index is 13.8. The van der Waals surface area contributed by atoms with E-state index in [1.54, 1.807) is 0 Å². The molecule has 0 unspecified atom stereocenters. The zero-order chi connectivity index (χ0) is 13.3. The molecule has 1 aromatic carbocycles. The summed E-state index contributed by atoms with van der Waals surface area (Å²) >= 11 is 0. The number of hydrogen-bond acceptors (Lipinski definition) is 3. The Morgan fingerprint density at radius 3 is 2.83 bits per heavy atom. The molecule has 1 aliphatic carbocycles. The minimum Gasteiger partial charge on any atom is -0.493 e. The lowest BCUT2D eigenvalue weighted by molar-refractivity contribution is -0.117. The summed E-state index contributed by atoms with van der Waals surface area (Å²) in [6.45, 7) is 0. The number of carbonyl (C=O) groups excluding carboxylic acids is 2. The molecular weight excluding hydrogens is 237 g/mol. The molecule has 2 N–H and O–H groups in total. The van der Waals surface area contributed by atoms with Gasteiger partial charge in [0.1, 0.15) is 0 Å². The Bertz CT molecular complexity index is 525. The van der Waals surface area contributed by atoms with Gasteiger partial charge < -0.3 is 10.5 Å². The summed E-state index contributed by atoms with van der Waals surface area (Å²) in [5, 5.41) is 0. The lowest BCUT2D eigenvalue weighted by Crippen LogP contribution is -2.20. The molecule has 0 saturated heterocycles. The van der Waals surface area contributed by atoms with E-state index >= 15 is 0 Å². The van der Waals surface area contributed by atoms with Gasteiger partial charge in [0, 0.05) is 17.5 Å². The Balaban J connectivity index is 2.64. The second kappa shape index (κ2) is 4.76. The van der Waals surface area contributed by atoms with Crippen molar-refractivity contribution >= 4 is 11.7 Å². The average Bonchev–Trinajstić information content (AvgIpc) is 2.28. The van der Waals surface area contributed by atoms with Gasteiger partial charge in [0.15, 0.2) is 17.3 Å². The van der Waals surface area contributed by atoms with Gasteiger partial charge in [0.2, 0.25) is 5.91 Å². The van der Waals surface area contributed by atoms with E-state index in [9.17, 15) is 14.0 Å². The number of halogens is 1. The van der Waals surface area contributed by atoms with Gasteiger partial charge in [-0.05, 0) is 24.5 Å². The molecule has 18 heavy (non-hydrogen) atoms. The summed E-state index contributed by atoms with van der Waals surface area (Å²) in [7, 11) is 1.37. The van der Waals surface area contributed by atoms with Crippen LogP contribution in [0.5, 0.6) is 5.75 Å². The van der Waals surface area contributed by atoms with E-state index < -0.39 is 11.7 Å². The second-order valence-corrected chi connectivity index (χ2v) is 4.32. The first-order chi connectivity index (χ1) is 8.54. The highest BCUT2D eigenvalue weighted by Gasteiger charge is 2.27. The number of rotatable bonds is 3. The number of methoxy groups -OCH3 is 1. The van der Waals surface area contributed by atoms with Gasteiger partial charge in [-0.1, -0.05) is 0 Å². The first kappa shape index (κ1) is 12.5. The summed E-state index contributed by atoms with van der Waals surface area (Å²) in [5.41, 5.74) is 6.46. The minimum absolute atomic E-state index is 0.0780. The van der Waals surface area contributed by atoms with Crippen molar-refractivity contribution < 1.29 is 18.7 Å². The van der Waals surface area contributed by atoms with E-state index in [1.165, 1.54) is 13.2 Å². The molecule has 5 heteroatoms. The average molecular weight is 251 g/mol. The summed E-state index contributed by atoms with van der Waals surface area (Å²) in [6, 6.07) is 1.17. The summed E-state index contributed by atoms with van der Waals surface area (Å²) < 4.78 is 18.8. The monoisotopic (exact) mass is 251 g/mol. The third-order valence-corrected chi connectivity index (χ3v) is 3.09. The fourth-order valence-electron chi connectivity index (χ4n) is 2.43. The Labute approximate surface area is 104 Å². The smallest absolute Gasteiger partial charge is 0.221 e. The third kappa shape index (κ3) is 2.08. The van der Waals surface area contributed by atoms with Crippen molar-refractivity contribution in [3.8, 4) is 5.75 Å². The van der Waals surface area contributed by atoms with E-state index in [-0.39, 0.29) is 18.0 Å². The van der Waals surface area contributed by atoms with Crippen LogP contribution in [-0.2, 0) is 17.6 Å². The van der Waals surface area contributed by atoms with E-state index in [1.807, 2.05) is 0 Å². The number of ether oxygens (including phenoxy) is 1. The topological polar surface area (TPSA) is 69.4 Å². The largest absolute Gasteiger partial charge is 0.493 e. The number of primary amides is 1. The molecule has 0 spiro atoms. The van der Waals surface area contributed by atoms with Crippen LogP contribution >= 0.6 is 0 Å². The maximum absolute atomic E-state index is 13.8. The number of Topliss-reactive ketones (excluding diaryl/α,β-unsaturated/α-hetero) is 1. The maximum Gasteiger partial charge on any atom is 0.221 e. The molecule has 96 valence electrons. The Morgan fingerprint density at radius 2 is 2.22 bits per heavy atom. The second-order valence-electron chi connectivity index (χ2n) is 4.32. The number of fused-ring (bicyclic) bond motifs is 1. The Hall–Kier alpha value is -1.91. The number of benzene rings is 1. The van der Waals surface area contributed by atoms with Crippen molar-refractivity contribution in [2.75, 3.05) is 7.11 Å². The highest BCUT2D eigenvalue weighted by Crippen LogP contribution is 2.34. The van der Waals surface area contributed by atoms with Gasteiger partial charge in [-0.25, -0.2) is 4.39 Å². The van der Waals surface area contributed by atoms with Crippen LogP contribution in [0.15, 0.2) is 6.07 Å². The van der Waals surface area contributed by atoms with Gasteiger partial charge >= 0.3 is 0 Å². The van der Waals surface area contributed by atoms with E-state index in [0.717, 1.165) is 0 Å². The molecule has 4 nitrogen and oxygen atoms in total. The summed E-state index contributed by atoms with van der Waals surface area (Å²) in [4.78, 5) is 22.9. The molecule has 0 fully saturated rings. The van der Waals surface area contributed by atoms with Crippen molar-refractivity contribution in [1.29, 1.82) is 0 Å². The summed E-state index contributed by atoms with van der Waals surface area (Å²) in [5.74, 6) is -1.11. The third-order valence-electron chi connectivity index (χ3n) is 3.09. The predicted molar refractivity (Wildman–Crippen MR) is 63.1 cm³/mol. The van der Waals surface area contributed by atoms with Crippen LogP contribution in [0, 0.1) is 5.82 Å². The van der Waals surface area contributed by atoms with Crippen molar-refractivity contribution in [1.82, 2.24) is 0 Å². The first-order valence-corrected chi connectivity index (χ1v) is 5.74. The molecule has 1 aromatic rings.